The summed E-state index contributed by atoms with van der Waals surface area (Å²) in [4.78, 5) is 42.3. The van der Waals surface area contributed by atoms with Gasteiger partial charge in [-0.3, -0.25) is 9.78 Å². The van der Waals surface area contributed by atoms with E-state index in [-0.39, 0.29) is 58.7 Å². The monoisotopic (exact) mass is 544 g/mol. The minimum absolute atomic E-state index is 0.0438. The number of aromatic carboxylic acids is 2. The molecule has 8 nitrogen and oxygen atoms in total. The van der Waals surface area contributed by atoms with Crippen molar-refractivity contribution in [3.8, 4) is 11.1 Å². The summed E-state index contributed by atoms with van der Waals surface area (Å²) in [6.45, 7) is 4.04. The average molecular weight is 545 g/mol. The Morgan fingerprint density at radius 3 is 2.12 bits per heavy atom. The summed E-state index contributed by atoms with van der Waals surface area (Å²) >= 11 is 0. The third-order valence-electron chi connectivity index (χ3n) is 6.38. The van der Waals surface area contributed by atoms with Crippen LogP contribution in [0.25, 0.3) is 11.1 Å². The van der Waals surface area contributed by atoms with Crippen molar-refractivity contribution in [2.24, 2.45) is 5.92 Å². The number of hydrogen-bond acceptors (Lipinski definition) is 5. The van der Waals surface area contributed by atoms with E-state index < -0.39 is 11.9 Å². The summed E-state index contributed by atoms with van der Waals surface area (Å²) in [5, 5.41) is 23.2. The van der Waals surface area contributed by atoms with E-state index in [1.165, 1.54) is 30.5 Å². The standard InChI is InChI=1S/C31H29FN2O6/c1-18(2)16-25-28(31(38)39)26(20-8-10-21(11-9-20)29(35)33-17-23-4-3-15-40-23)27(30(36)37)24(34-25)14-7-19-5-12-22(32)13-6-19/h3-6,8-13,15,18H,7,14,16-17H2,1-2H3,(H,33,35)(H,36,37)(H,38,39). The first-order chi connectivity index (χ1) is 19.1. The highest BCUT2D eigenvalue weighted by Gasteiger charge is 2.29. The molecule has 0 aliphatic heterocycles. The predicted octanol–water partition coefficient (Wildman–Crippen LogP) is 5.79. The number of carbonyl (C=O) groups is 3. The Labute approximate surface area is 230 Å². The van der Waals surface area contributed by atoms with Crippen molar-refractivity contribution < 1.29 is 33.4 Å². The summed E-state index contributed by atoms with van der Waals surface area (Å²) < 4.78 is 18.6. The normalized spacial score (nSPS) is 11.0. The SMILES string of the molecule is CC(C)Cc1nc(CCc2ccc(F)cc2)c(C(=O)O)c(-c2ccc(C(=O)NCc3ccco3)cc2)c1C(=O)O. The number of halogens is 1. The molecule has 0 atom stereocenters. The smallest absolute Gasteiger partial charge is 0.338 e. The lowest BCUT2D eigenvalue weighted by atomic mass is 9.88. The van der Waals surface area contributed by atoms with Gasteiger partial charge >= 0.3 is 11.9 Å². The van der Waals surface area contributed by atoms with Crippen molar-refractivity contribution in [1.29, 1.82) is 0 Å². The lowest BCUT2D eigenvalue weighted by molar-refractivity contribution is 0.0694. The Kier molecular flexibility index (Phi) is 8.73. The molecule has 0 radical (unpaired) electrons. The number of benzene rings is 2. The highest BCUT2D eigenvalue weighted by atomic mass is 19.1. The van der Waals surface area contributed by atoms with Crippen LogP contribution < -0.4 is 5.32 Å². The largest absolute Gasteiger partial charge is 0.478 e. The molecule has 0 unspecified atom stereocenters. The van der Waals surface area contributed by atoms with Crippen LogP contribution in [0.2, 0.25) is 0 Å². The molecule has 0 spiro atoms. The Bertz CT molecular complexity index is 1510. The van der Waals surface area contributed by atoms with Crippen LogP contribution >= 0.6 is 0 Å². The molecule has 4 rings (SSSR count). The van der Waals surface area contributed by atoms with Gasteiger partial charge in [-0.1, -0.05) is 38.1 Å². The van der Waals surface area contributed by atoms with Gasteiger partial charge in [-0.15, -0.1) is 0 Å². The average Bonchev–Trinajstić information content (AvgIpc) is 3.44. The Balaban J connectivity index is 1.77. The van der Waals surface area contributed by atoms with Crippen LogP contribution in [0.5, 0.6) is 0 Å². The van der Waals surface area contributed by atoms with Gasteiger partial charge in [0.05, 0.1) is 35.3 Å². The van der Waals surface area contributed by atoms with Gasteiger partial charge in [0.2, 0.25) is 0 Å². The van der Waals surface area contributed by atoms with Gasteiger partial charge < -0.3 is 19.9 Å². The maximum Gasteiger partial charge on any atom is 0.338 e. The zero-order chi connectivity index (χ0) is 28.8. The first-order valence-electron chi connectivity index (χ1n) is 12.8. The predicted molar refractivity (Wildman–Crippen MR) is 146 cm³/mol. The van der Waals surface area contributed by atoms with Gasteiger partial charge in [-0.2, -0.15) is 0 Å². The summed E-state index contributed by atoms with van der Waals surface area (Å²) in [6, 6.07) is 15.5. The Morgan fingerprint density at radius 2 is 1.55 bits per heavy atom. The fourth-order valence-electron chi connectivity index (χ4n) is 4.54. The molecule has 2 aromatic carbocycles. The van der Waals surface area contributed by atoms with Crippen molar-refractivity contribution in [3.63, 3.8) is 0 Å². The zero-order valence-electron chi connectivity index (χ0n) is 22.1. The molecule has 1 amide bonds. The van der Waals surface area contributed by atoms with Crippen LogP contribution in [0.15, 0.2) is 71.3 Å². The molecular weight excluding hydrogens is 515 g/mol. The molecule has 0 aliphatic rings. The van der Waals surface area contributed by atoms with Gasteiger partial charge in [0.15, 0.2) is 0 Å². The molecule has 206 valence electrons. The van der Waals surface area contributed by atoms with E-state index in [4.69, 9.17) is 4.42 Å². The van der Waals surface area contributed by atoms with E-state index in [0.29, 0.717) is 29.7 Å². The number of amides is 1. The third kappa shape index (κ3) is 6.61. The number of nitrogens with zero attached hydrogens (tertiary/aromatic N) is 1. The molecular formula is C31H29FN2O6. The fraction of sp³-hybridized carbons (Fsp3) is 0.226. The number of nitrogens with one attached hydrogen (secondary N) is 1. The molecule has 9 heteroatoms. The van der Waals surface area contributed by atoms with Crippen molar-refractivity contribution in [2.45, 2.75) is 39.7 Å². The molecule has 0 saturated carbocycles. The summed E-state index contributed by atoms with van der Waals surface area (Å²) in [7, 11) is 0. The highest BCUT2D eigenvalue weighted by Crippen LogP contribution is 2.34. The first kappa shape index (κ1) is 28.2. The number of aromatic nitrogens is 1. The molecule has 4 aromatic rings. The second kappa shape index (κ2) is 12.4. The summed E-state index contributed by atoms with van der Waals surface area (Å²) in [5.74, 6) is -2.70. The van der Waals surface area contributed by atoms with Crippen molar-refractivity contribution in [3.05, 3.63) is 112 Å². The number of aryl methyl sites for hydroxylation is 2. The number of carboxylic acid groups (broad SMARTS) is 2. The lowest BCUT2D eigenvalue weighted by Gasteiger charge is -2.19. The number of furan rings is 1. The number of carbonyl (C=O) groups excluding carboxylic acids is 1. The molecule has 3 N–H and O–H groups in total. The summed E-state index contributed by atoms with van der Waals surface area (Å²) in [5.41, 5.74) is 1.64. The highest BCUT2D eigenvalue weighted by molar-refractivity contribution is 6.06. The number of rotatable bonds is 11. The molecule has 40 heavy (non-hydrogen) atoms. The van der Waals surface area contributed by atoms with E-state index in [1.807, 2.05) is 13.8 Å². The fourth-order valence-corrected chi connectivity index (χ4v) is 4.54. The van der Waals surface area contributed by atoms with E-state index in [9.17, 15) is 29.0 Å². The van der Waals surface area contributed by atoms with Gasteiger partial charge in [-0.05, 0) is 72.7 Å². The number of carboxylic acids is 2. The molecule has 2 aromatic heterocycles. The Hall–Kier alpha value is -4.79. The third-order valence-corrected chi connectivity index (χ3v) is 6.38. The van der Waals surface area contributed by atoms with E-state index in [0.717, 1.165) is 5.56 Å². The van der Waals surface area contributed by atoms with Gasteiger partial charge in [-0.25, -0.2) is 14.0 Å². The lowest BCUT2D eigenvalue weighted by Crippen LogP contribution is -2.22. The molecule has 0 bridgehead atoms. The van der Waals surface area contributed by atoms with Gasteiger partial charge in [0.1, 0.15) is 11.6 Å². The Morgan fingerprint density at radius 1 is 0.900 bits per heavy atom. The minimum Gasteiger partial charge on any atom is -0.478 e. The van der Waals surface area contributed by atoms with E-state index >= 15 is 0 Å². The number of hydrogen-bond donors (Lipinski definition) is 3. The minimum atomic E-state index is -1.31. The molecule has 0 fully saturated rings. The topological polar surface area (TPSA) is 130 Å². The van der Waals surface area contributed by atoms with Crippen molar-refractivity contribution >= 4 is 17.8 Å². The molecule has 0 saturated heterocycles. The van der Waals surface area contributed by atoms with E-state index in [2.05, 4.69) is 10.3 Å². The van der Waals surface area contributed by atoms with Crippen molar-refractivity contribution in [1.82, 2.24) is 10.3 Å². The number of pyridine rings is 1. The molecule has 0 aliphatic carbocycles. The van der Waals surface area contributed by atoms with Crippen LogP contribution in [0.1, 0.15) is 67.6 Å². The van der Waals surface area contributed by atoms with Gasteiger partial charge in [0.25, 0.3) is 5.91 Å². The van der Waals surface area contributed by atoms with Crippen LogP contribution in [0.3, 0.4) is 0 Å². The van der Waals surface area contributed by atoms with Gasteiger partial charge in [0, 0.05) is 11.1 Å². The maximum atomic E-state index is 13.4. The van der Waals surface area contributed by atoms with Crippen LogP contribution in [0, 0.1) is 11.7 Å². The molecule has 2 heterocycles. The van der Waals surface area contributed by atoms with E-state index in [1.54, 1.807) is 36.4 Å². The summed E-state index contributed by atoms with van der Waals surface area (Å²) in [6.07, 6.45) is 2.42. The van der Waals surface area contributed by atoms with Crippen LogP contribution in [-0.2, 0) is 25.8 Å². The second-order valence-electron chi connectivity index (χ2n) is 9.80. The first-order valence-corrected chi connectivity index (χ1v) is 12.8. The van der Waals surface area contributed by atoms with Crippen molar-refractivity contribution in [2.75, 3.05) is 0 Å². The second-order valence-corrected chi connectivity index (χ2v) is 9.80. The maximum absolute atomic E-state index is 13.4. The van der Waals surface area contributed by atoms with Crippen LogP contribution in [0.4, 0.5) is 4.39 Å². The van der Waals surface area contributed by atoms with Crippen LogP contribution in [-0.4, -0.2) is 33.0 Å². The quantitative estimate of drug-likeness (QED) is 0.218. The zero-order valence-corrected chi connectivity index (χ0v) is 22.1.